The number of hydrogen-bond acceptors (Lipinski definition) is 5. The maximum atomic E-state index is 12.1. The van der Waals surface area contributed by atoms with Crippen molar-refractivity contribution >= 4 is 41.1 Å². The summed E-state index contributed by atoms with van der Waals surface area (Å²) in [6, 6.07) is 21.5. The molecule has 0 bridgehead atoms. The van der Waals surface area contributed by atoms with E-state index in [0.717, 1.165) is 18.2 Å². The molecule has 1 aliphatic rings. The lowest BCUT2D eigenvalue weighted by molar-refractivity contribution is 0.0951. The number of anilines is 1. The van der Waals surface area contributed by atoms with E-state index in [-0.39, 0.29) is 17.0 Å². The van der Waals surface area contributed by atoms with E-state index in [9.17, 15) is 4.79 Å². The van der Waals surface area contributed by atoms with Gasteiger partial charge in [0.25, 0.3) is 14.2 Å². The second-order valence-electron chi connectivity index (χ2n) is 9.18. The molecule has 1 fully saturated rings. The van der Waals surface area contributed by atoms with E-state index in [2.05, 4.69) is 96.6 Å². The summed E-state index contributed by atoms with van der Waals surface area (Å²) in [5.74, 6) is -0.115. The van der Waals surface area contributed by atoms with Crippen molar-refractivity contribution in [1.29, 1.82) is 0 Å². The number of carbonyl (C=O) groups excluding carboxylic acids is 1. The number of nitrogens with zero attached hydrogens (tertiary/aromatic N) is 2. The van der Waals surface area contributed by atoms with Crippen molar-refractivity contribution in [2.24, 2.45) is 0 Å². The van der Waals surface area contributed by atoms with Gasteiger partial charge in [0.05, 0.1) is 6.10 Å². The predicted molar refractivity (Wildman–Crippen MR) is 135 cm³/mol. The van der Waals surface area contributed by atoms with Crippen molar-refractivity contribution < 1.29 is 9.22 Å². The van der Waals surface area contributed by atoms with Crippen LogP contribution < -0.4 is 20.6 Å². The first-order valence-corrected chi connectivity index (χ1v) is 13.9. The summed E-state index contributed by atoms with van der Waals surface area (Å²) in [5, 5.41) is 8.08. The Kier molecular flexibility index (Phi) is 6.51. The zero-order valence-electron chi connectivity index (χ0n) is 19.2. The normalized spacial score (nSPS) is 14.8. The van der Waals surface area contributed by atoms with E-state index in [1.54, 1.807) is 0 Å². The van der Waals surface area contributed by atoms with Crippen LogP contribution in [-0.2, 0) is 4.43 Å². The molecule has 0 spiro atoms. The van der Waals surface area contributed by atoms with Crippen LogP contribution in [0.25, 0.3) is 0 Å². The quantitative estimate of drug-likeness (QED) is 0.541. The van der Waals surface area contributed by atoms with Gasteiger partial charge in [0, 0.05) is 25.0 Å². The van der Waals surface area contributed by atoms with Gasteiger partial charge < -0.3 is 14.6 Å². The Morgan fingerprint density at radius 2 is 1.66 bits per heavy atom. The van der Waals surface area contributed by atoms with Crippen molar-refractivity contribution in [2.75, 3.05) is 24.5 Å². The first kappa shape index (κ1) is 22.7. The summed E-state index contributed by atoms with van der Waals surface area (Å²) in [6.07, 6.45) is 0.123. The third-order valence-electron chi connectivity index (χ3n) is 5.94. The number of hydrogen-bond donors (Lipinski definition) is 1. The van der Waals surface area contributed by atoms with Crippen molar-refractivity contribution in [3.05, 3.63) is 71.7 Å². The lowest BCUT2D eigenvalue weighted by atomic mass is 10.2. The largest absolute Gasteiger partial charge is 0.401 e. The Morgan fingerprint density at radius 1 is 1.09 bits per heavy atom. The molecule has 1 saturated heterocycles. The SMILES string of the molecule is CCNC(=O)c1csc(N2CC(O[Si](c3ccccc3)(c3ccccc3)C(C)(C)C)C2)n1. The summed E-state index contributed by atoms with van der Waals surface area (Å²) < 4.78 is 7.15. The smallest absolute Gasteiger partial charge is 0.270 e. The molecule has 5 nitrogen and oxygen atoms in total. The molecule has 168 valence electrons. The van der Waals surface area contributed by atoms with Crippen LogP contribution in [0.4, 0.5) is 5.13 Å². The van der Waals surface area contributed by atoms with Crippen LogP contribution in [0.15, 0.2) is 66.0 Å². The molecule has 4 rings (SSSR count). The van der Waals surface area contributed by atoms with Gasteiger partial charge in [-0.3, -0.25) is 4.79 Å². The van der Waals surface area contributed by atoms with Crippen molar-refractivity contribution in [1.82, 2.24) is 10.3 Å². The van der Waals surface area contributed by atoms with E-state index < -0.39 is 8.32 Å². The molecular formula is C25H31N3O2SSi. The highest BCUT2D eigenvalue weighted by Gasteiger charge is 2.52. The van der Waals surface area contributed by atoms with Crippen LogP contribution in [0.3, 0.4) is 0 Å². The molecule has 0 aliphatic carbocycles. The minimum Gasteiger partial charge on any atom is -0.401 e. The van der Waals surface area contributed by atoms with Crippen LogP contribution in [0.1, 0.15) is 38.2 Å². The van der Waals surface area contributed by atoms with Gasteiger partial charge in [-0.1, -0.05) is 81.4 Å². The Morgan fingerprint density at radius 3 is 2.16 bits per heavy atom. The monoisotopic (exact) mass is 465 g/mol. The Bertz CT molecular complexity index is 1000. The Hall–Kier alpha value is -2.48. The maximum Gasteiger partial charge on any atom is 0.270 e. The maximum absolute atomic E-state index is 12.1. The van der Waals surface area contributed by atoms with Crippen molar-refractivity contribution in [3.63, 3.8) is 0 Å². The fourth-order valence-electron chi connectivity index (χ4n) is 4.38. The molecule has 1 aromatic heterocycles. The number of rotatable bonds is 7. The number of nitrogens with one attached hydrogen (secondary N) is 1. The van der Waals surface area contributed by atoms with Crippen LogP contribution in [0, 0.1) is 0 Å². The molecule has 2 aromatic carbocycles. The summed E-state index contributed by atoms with van der Waals surface area (Å²) >= 11 is 1.52. The molecule has 7 heteroatoms. The van der Waals surface area contributed by atoms with E-state index in [1.807, 2.05) is 12.3 Å². The Labute approximate surface area is 195 Å². The molecule has 1 N–H and O–H groups in total. The van der Waals surface area contributed by atoms with Gasteiger partial charge in [-0.15, -0.1) is 11.3 Å². The number of aromatic nitrogens is 1. The minimum absolute atomic E-state index is 0.0390. The Balaban J connectivity index is 1.58. The molecule has 0 radical (unpaired) electrons. The van der Waals surface area contributed by atoms with Crippen molar-refractivity contribution in [3.8, 4) is 0 Å². The lowest BCUT2D eigenvalue weighted by Crippen LogP contribution is -2.70. The molecule has 2 heterocycles. The minimum atomic E-state index is -2.54. The highest BCUT2D eigenvalue weighted by molar-refractivity contribution is 7.14. The zero-order chi connectivity index (χ0) is 22.8. The van der Waals surface area contributed by atoms with Gasteiger partial charge >= 0.3 is 0 Å². The van der Waals surface area contributed by atoms with Gasteiger partial charge in [0.15, 0.2) is 5.13 Å². The number of carbonyl (C=O) groups is 1. The number of amides is 1. The van der Waals surface area contributed by atoms with Crippen molar-refractivity contribution in [2.45, 2.75) is 38.8 Å². The standard InChI is InChI=1S/C25H31N3O2SSi/c1-5-26-23(29)22-18-31-24(27-22)28-16-19(17-28)30-32(25(2,3)4,20-12-8-6-9-13-20)21-14-10-7-11-15-21/h6-15,18-19H,5,16-17H2,1-4H3,(H,26,29). The molecule has 0 unspecified atom stereocenters. The first-order chi connectivity index (χ1) is 15.3. The molecule has 1 amide bonds. The molecule has 0 atom stereocenters. The molecular weight excluding hydrogens is 434 g/mol. The predicted octanol–water partition coefficient (Wildman–Crippen LogP) is 3.66. The average molecular weight is 466 g/mol. The van der Waals surface area contributed by atoms with Crippen LogP contribution in [-0.4, -0.2) is 44.9 Å². The first-order valence-electron chi connectivity index (χ1n) is 11.1. The summed E-state index contributed by atoms with van der Waals surface area (Å²) in [4.78, 5) is 18.8. The average Bonchev–Trinajstić information content (AvgIpc) is 3.23. The third kappa shape index (κ3) is 4.24. The van der Waals surface area contributed by atoms with E-state index in [0.29, 0.717) is 12.2 Å². The van der Waals surface area contributed by atoms with Crippen LogP contribution in [0.5, 0.6) is 0 Å². The van der Waals surface area contributed by atoms with Crippen LogP contribution >= 0.6 is 11.3 Å². The molecule has 1 aliphatic heterocycles. The van der Waals surface area contributed by atoms with E-state index in [1.165, 1.54) is 21.7 Å². The van der Waals surface area contributed by atoms with E-state index >= 15 is 0 Å². The highest BCUT2D eigenvalue weighted by Crippen LogP contribution is 2.39. The van der Waals surface area contributed by atoms with Gasteiger partial charge in [-0.2, -0.15) is 0 Å². The lowest BCUT2D eigenvalue weighted by Gasteiger charge is -2.49. The second-order valence-corrected chi connectivity index (χ2v) is 14.3. The number of thiazole rings is 1. The summed E-state index contributed by atoms with van der Waals surface area (Å²) in [5.41, 5.74) is 0.489. The van der Waals surface area contributed by atoms with Gasteiger partial charge in [0.1, 0.15) is 5.69 Å². The third-order valence-corrected chi connectivity index (χ3v) is 11.9. The fraction of sp³-hybridized carbons (Fsp3) is 0.360. The summed E-state index contributed by atoms with van der Waals surface area (Å²) in [6.45, 7) is 11.0. The molecule has 32 heavy (non-hydrogen) atoms. The second kappa shape index (κ2) is 9.17. The summed E-state index contributed by atoms with van der Waals surface area (Å²) in [7, 11) is -2.54. The highest BCUT2D eigenvalue weighted by atomic mass is 32.1. The van der Waals surface area contributed by atoms with Gasteiger partial charge in [-0.25, -0.2) is 4.98 Å². The molecule has 3 aromatic rings. The van der Waals surface area contributed by atoms with E-state index in [4.69, 9.17) is 4.43 Å². The van der Waals surface area contributed by atoms with Crippen LogP contribution in [0.2, 0.25) is 5.04 Å². The van der Waals surface area contributed by atoms with Gasteiger partial charge in [0.2, 0.25) is 0 Å². The topological polar surface area (TPSA) is 54.5 Å². The molecule has 0 saturated carbocycles. The van der Waals surface area contributed by atoms with Gasteiger partial charge in [-0.05, 0) is 22.3 Å². The zero-order valence-corrected chi connectivity index (χ0v) is 21.0. The number of benzene rings is 2. The fourth-order valence-corrected chi connectivity index (χ4v) is 9.86.